The maximum atomic E-state index is 12.2. The molecule has 124 valence electrons. The molecule has 0 aliphatic carbocycles. The number of benzene rings is 1. The molecule has 2 aromatic rings. The molecule has 2 aliphatic heterocycles. The van der Waals surface area contributed by atoms with Gasteiger partial charge in [0.15, 0.2) is 5.84 Å². The number of thioether (sulfide) groups is 1. The lowest BCUT2D eigenvalue weighted by molar-refractivity contribution is -0.114. The molecular formula is C17H11ClN4O2S. The van der Waals surface area contributed by atoms with Gasteiger partial charge in [0, 0.05) is 11.4 Å². The maximum absolute atomic E-state index is 12.2. The fourth-order valence-corrected chi connectivity index (χ4v) is 3.44. The quantitative estimate of drug-likeness (QED) is 0.833. The van der Waals surface area contributed by atoms with Crippen LogP contribution in [0.2, 0.25) is 5.02 Å². The number of hydrogen-bond donors (Lipinski definition) is 1. The first-order valence-corrected chi connectivity index (χ1v) is 8.56. The SMILES string of the molecule is N=C1/C(=C/c2ccco2)C(=O)N=C2SC(Cc3ccc(Cl)cc3)=NN12. The molecule has 1 aromatic heterocycles. The van der Waals surface area contributed by atoms with Gasteiger partial charge in [0.1, 0.15) is 10.8 Å². The number of hydrogen-bond acceptors (Lipinski definition) is 5. The molecule has 3 heterocycles. The number of hydrazone groups is 1. The first-order valence-electron chi connectivity index (χ1n) is 7.37. The summed E-state index contributed by atoms with van der Waals surface area (Å²) in [6, 6.07) is 10.9. The molecule has 0 unspecified atom stereocenters. The van der Waals surface area contributed by atoms with Gasteiger partial charge in [-0.05, 0) is 47.7 Å². The van der Waals surface area contributed by atoms with E-state index in [9.17, 15) is 4.79 Å². The van der Waals surface area contributed by atoms with Gasteiger partial charge in [-0.1, -0.05) is 23.7 Å². The van der Waals surface area contributed by atoms with Crippen LogP contribution in [0.3, 0.4) is 0 Å². The average Bonchev–Trinajstić information content (AvgIpc) is 3.23. The fourth-order valence-electron chi connectivity index (χ4n) is 2.40. The van der Waals surface area contributed by atoms with Gasteiger partial charge in [-0.25, -0.2) is 0 Å². The Morgan fingerprint density at radius 1 is 1.28 bits per heavy atom. The molecule has 0 bridgehead atoms. The molecule has 1 amide bonds. The smallest absolute Gasteiger partial charge is 0.283 e. The molecule has 0 radical (unpaired) electrons. The van der Waals surface area contributed by atoms with Crippen molar-refractivity contribution in [2.24, 2.45) is 10.1 Å². The Hall–Kier alpha value is -2.64. The number of amidine groups is 2. The van der Waals surface area contributed by atoms with Crippen LogP contribution in [0.5, 0.6) is 0 Å². The standard InChI is InChI=1S/C17H11ClN4O2S/c18-11-5-3-10(4-6-11)8-14-21-22-15(19)13(9-12-2-1-7-24-12)16(23)20-17(22)25-14/h1-7,9,19H,8H2/b13-9-,19-15?. The summed E-state index contributed by atoms with van der Waals surface area (Å²) < 4.78 is 5.21. The highest BCUT2D eigenvalue weighted by atomic mass is 35.5. The van der Waals surface area contributed by atoms with Crippen molar-refractivity contribution < 1.29 is 9.21 Å². The van der Waals surface area contributed by atoms with E-state index in [2.05, 4.69) is 10.1 Å². The largest absolute Gasteiger partial charge is 0.465 e. The Bertz CT molecular complexity index is 946. The van der Waals surface area contributed by atoms with Gasteiger partial charge in [0.25, 0.3) is 5.91 Å². The van der Waals surface area contributed by atoms with Crippen LogP contribution in [0.15, 0.2) is 62.7 Å². The second kappa shape index (κ2) is 6.34. The number of nitrogens with zero attached hydrogens (tertiary/aromatic N) is 3. The highest BCUT2D eigenvalue weighted by Gasteiger charge is 2.35. The molecule has 1 aromatic carbocycles. The highest BCUT2D eigenvalue weighted by Crippen LogP contribution is 2.29. The molecule has 0 fully saturated rings. The summed E-state index contributed by atoms with van der Waals surface area (Å²) in [6.07, 6.45) is 3.59. The predicted octanol–water partition coefficient (Wildman–Crippen LogP) is 3.79. The molecule has 0 saturated carbocycles. The lowest BCUT2D eigenvalue weighted by atomic mass is 10.1. The first-order chi connectivity index (χ1) is 12.1. The normalized spacial score (nSPS) is 18.4. The molecule has 25 heavy (non-hydrogen) atoms. The Labute approximate surface area is 152 Å². The summed E-state index contributed by atoms with van der Waals surface area (Å²) in [5.41, 5.74) is 1.19. The van der Waals surface area contributed by atoms with Gasteiger partial charge in [0.2, 0.25) is 5.17 Å². The van der Waals surface area contributed by atoms with Gasteiger partial charge in [0.05, 0.1) is 11.8 Å². The minimum atomic E-state index is -0.469. The molecule has 0 saturated heterocycles. The molecule has 1 N–H and O–H groups in total. The maximum Gasteiger partial charge on any atom is 0.283 e. The van der Waals surface area contributed by atoms with Crippen molar-refractivity contribution in [3.8, 4) is 0 Å². The van der Waals surface area contributed by atoms with Gasteiger partial charge in [-0.3, -0.25) is 10.2 Å². The molecular weight excluding hydrogens is 360 g/mol. The van der Waals surface area contributed by atoms with E-state index in [1.165, 1.54) is 29.1 Å². The third kappa shape index (κ3) is 3.16. The van der Waals surface area contributed by atoms with Crippen LogP contribution < -0.4 is 0 Å². The topological polar surface area (TPSA) is 82.0 Å². The third-order valence-electron chi connectivity index (χ3n) is 3.59. The Balaban J connectivity index is 1.59. The van der Waals surface area contributed by atoms with Crippen molar-refractivity contribution in [2.45, 2.75) is 6.42 Å². The van der Waals surface area contributed by atoms with Crippen LogP contribution in [-0.4, -0.2) is 27.0 Å². The summed E-state index contributed by atoms with van der Waals surface area (Å²) in [5.74, 6) is 0.0112. The number of carbonyl (C=O) groups is 1. The second-order valence-corrected chi connectivity index (χ2v) is 6.81. The lowest BCUT2D eigenvalue weighted by Gasteiger charge is -2.19. The molecule has 0 atom stereocenters. The molecule has 2 aliphatic rings. The third-order valence-corrected chi connectivity index (χ3v) is 4.76. The number of furan rings is 1. The van der Waals surface area contributed by atoms with Crippen LogP contribution >= 0.6 is 23.4 Å². The van der Waals surface area contributed by atoms with Gasteiger partial charge < -0.3 is 4.42 Å². The molecule has 8 heteroatoms. The van der Waals surface area contributed by atoms with E-state index in [1.807, 2.05) is 24.3 Å². The zero-order chi connectivity index (χ0) is 17.4. The number of aliphatic imine (C=N–C) groups is 1. The number of nitrogens with one attached hydrogen (secondary N) is 1. The number of carbonyl (C=O) groups excluding carboxylic acids is 1. The van der Waals surface area contributed by atoms with Gasteiger partial charge in [-0.15, -0.1) is 0 Å². The van der Waals surface area contributed by atoms with E-state index < -0.39 is 5.91 Å². The number of rotatable bonds is 3. The second-order valence-electron chi connectivity index (χ2n) is 5.33. The van der Waals surface area contributed by atoms with Crippen molar-refractivity contribution in [1.82, 2.24) is 5.01 Å². The van der Waals surface area contributed by atoms with Crippen LogP contribution in [0.1, 0.15) is 11.3 Å². The van der Waals surface area contributed by atoms with E-state index in [-0.39, 0.29) is 11.4 Å². The van der Waals surface area contributed by atoms with Crippen LogP contribution in [-0.2, 0) is 11.2 Å². The van der Waals surface area contributed by atoms with E-state index in [0.29, 0.717) is 22.4 Å². The lowest BCUT2D eigenvalue weighted by Crippen LogP contribution is -2.35. The molecule has 6 nitrogen and oxygen atoms in total. The molecule has 4 rings (SSSR count). The zero-order valence-corrected chi connectivity index (χ0v) is 14.3. The Kier molecular flexibility index (Phi) is 4.03. The van der Waals surface area contributed by atoms with Crippen molar-refractivity contribution in [2.75, 3.05) is 0 Å². The van der Waals surface area contributed by atoms with Crippen molar-refractivity contribution in [3.05, 3.63) is 64.6 Å². The number of amides is 1. The number of fused-ring (bicyclic) bond motifs is 1. The minimum absolute atomic E-state index is 0.00925. The summed E-state index contributed by atoms with van der Waals surface area (Å²) in [7, 11) is 0. The van der Waals surface area contributed by atoms with E-state index in [1.54, 1.807) is 12.1 Å². The number of halogens is 1. The Morgan fingerprint density at radius 3 is 2.80 bits per heavy atom. The highest BCUT2D eigenvalue weighted by molar-refractivity contribution is 8.26. The monoisotopic (exact) mass is 370 g/mol. The minimum Gasteiger partial charge on any atom is -0.465 e. The average molecular weight is 371 g/mol. The van der Waals surface area contributed by atoms with E-state index in [4.69, 9.17) is 21.4 Å². The predicted molar refractivity (Wildman–Crippen MR) is 98.9 cm³/mol. The Morgan fingerprint density at radius 2 is 2.08 bits per heavy atom. The first kappa shape index (κ1) is 15.9. The summed E-state index contributed by atoms with van der Waals surface area (Å²) in [5, 5.41) is 15.9. The van der Waals surface area contributed by atoms with Gasteiger partial charge >= 0.3 is 0 Å². The summed E-state index contributed by atoms with van der Waals surface area (Å²) in [4.78, 5) is 16.3. The van der Waals surface area contributed by atoms with E-state index >= 15 is 0 Å². The van der Waals surface area contributed by atoms with Crippen LogP contribution in [0.25, 0.3) is 6.08 Å². The summed E-state index contributed by atoms with van der Waals surface area (Å²) in [6.45, 7) is 0. The van der Waals surface area contributed by atoms with Crippen LogP contribution in [0, 0.1) is 5.41 Å². The molecule has 0 spiro atoms. The summed E-state index contributed by atoms with van der Waals surface area (Å²) >= 11 is 7.19. The van der Waals surface area contributed by atoms with E-state index in [0.717, 1.165) is 10.6 Å². The van der Waals surface area contributed by atoms with Gasteiger partial charge in [-0.2, -0.15) is 15.1 Å². The zero-order valence-electron chi connectivity index (χ0n) is 12.8. The van der Waals surface area contributed by atoms with Crippen molar-refractivity contribution in [3.63, 3.8) is 0 Å². The van der Waals surface area contributed by atoms with Crippen molar-refractivity contribution in [1.29, 1.82) is 5.41 Å². The van der Waals surface area contributed by atoms with Crippen LogP contribution in [0.4, 0.5) is 0 Å². The van der Waals surface area contributed by atoms with Crippen molar-refractivity contribution >= 4 is 51.4 Å². The fraction of sp³-hybridized carbons (Fsp3) is 0.0588.